The van der Waals surface area contributed by atoms with Crippen LogP contribution in [0.2, 0.25) is 0 Å². The molecule has 0 amide bonds. The van der Waals surface area contributed by atoms with Gasteiger partial charge >= 0.3 is 0 Å². The maximum absolute atomic E-state index is 4.87. The summed E-state index contributed by atoms with van der Waals surface area (Å²) in [6.07, 6.45) is 5.40. The first-order valence-corrected chi connectivity index (χ1v) is 8.07. The fourth-order valence-corrected chi connectivity index (χ4v) is 3.81. The van der Waals surface area contributed by atoms with Crippen LogP contribution in [0.5, 0.6) is 0 Å². The van der Waals surface area contributed by atoms with Gasteiger partial charge in [-0.25, -0.2) is 4.63 Å². The van der Waals surface area contributed by atoms with Gasteiger partial charge in [-0.05, 0) is 67.3 Å². The second-order valence-corrected chi connectivity index (χ2v) is 6.32. The van der Waals surface area contributed by atoms with E-state index in [0.29, 0.717) is 0 Å². The summed E-state index contributed by atoms with van der Waals surface area (Å²) in [5.74, 6) is 0. The number of hydrogen-bond acceptors (Lipinski definition) is 5. The predicted molar refractivity (Wildman–Crippen MR) is 80.9 cm³/mol. The Balaban J connectivity index is 1.47. The molecule has 21 heavy (non-hydrogen) atoms. The molecule has 0 radical (unpaired) electrons. The number of benzene rings is 1. The number of likely N-dealkylation sites (tertiary alicyclic amines) is 2. The third kappa shape index (κ3) is 2.68. The summed E-state index contributed by atoms with van der Waals surface area (Å²) in [5, 5.41) is 8.00. The van der Waals surface area contributed by atoms with Crippen molar-refractivity contribution >= 4 is 11.0 Å². The molecule has 112 valence electrons. The normalized spacial score (nSPS) is 24.9. The van der Waals surface area contributed by atoms with Crippen molar-refractivity contribution in [3.8, 4) is 0 Å². The van der Waals surface area contributed by atoms with Gasteiger partial charge in [-0.15, -0.1) is 0 Å². The van der Waals surface area contributed by atoms with E-state index in [2.05, 4.69) is 26.2 Å². The van der Waals surface area contributed by atoms with Gasteiger partial charge in [0.25, 0.3) is 0 Å². The van der Waals surface area contributed by atoms with Gasteiger partial charge in [0.15, 0.2) is 0 Å². The highest BCUT2D eigenvalue weighted by Crippen LogP contribution is 2.23. The lowest BCUT2D eigenvalue weighted by Gasteiger charge is -2.37. The first-order valence-electron chi connectivity index (χ1n) is 8.07. The molecule has 0 aliphatic carbocycles. The number of hydrogen-bond donors (Lipinski definition) is 0. The highest BCUT2D eigenvalue weighted by Gasteiger charge is 2.27. The Morgan fingerprint density at radius 1 is 1.10 bits per heavy atom. The van der Waals surface area contributed by atoms with Gasteiger partial charge in [-0.3, -0.25) is 9.80 Å². The second kappa shape index (κ2) is 5.73. The summed E-state index contributed by atoms with van der Waals surface area (Å²) in [5.41, 5.74) is 3.01. The van der Waals surface area contributed by atoms with Crippen LogP contribution in [-0.2, 0) is 6.54 Å². The van der Waals surface area contributed by atoms with Crippen molar-refractivity contribution in [1.82, 2.24) is 20.1 Å². The van der Waals surface area contributed by atoms with Gasteiger partial charge in [0.1, 0.15) is 11.0 Å². The average Bonchev–Trinajstić information content (AvgIpc) is 3.20. The highest BCUT2D eigenvalue weighted by molar-refractivity contribution is 5.76. The van der Waals surface area contributed by atoms with E-state index in [0.717, 1.165) is 23.6 Å². The van der Waals surface area contributed by atoms with Gasteiger partial charge in [0.2, 0.25) is 0 Å². The van der Waals surface area contributed by atoms with Crippen LogP contribution in [0.25, 0.3) is 11.0 Å². The molecular formula is C16H22N4O. The van der Waals surface area contributed by atoms with Crippen LogP contribution in [0.3, 0.4) is 0 Å². The Bertz CT molecular complexity index is 605. The minimum absolute atomic E-state index is 0.746. The van der Waals surface area contributed by atoms with E-state index in [1.54, 1.807) is 0 Å². The van der Waals surface area contributed by atoms with E-state index in [1.807, 2.05) is 12.1 Å². The maximum Gasteiger partial charge on any atom is 0.139 e. The lowest BCUT2D eigenvalue weighted by Crippen LogP contribution is -2.46. The fourth-order valence-electron chi connectivity index (χ4n) is 3.81. The van der Waals surface area contributed by atoms with Crippen LogP contribution in [0, 0.1) is 0 Å². The van der Waals surface area contributed by atoms with E-state index in [1.165, 1.54) is 57.4 Å². The van der Waals surface area contributed by atoms with E-state index in [-0.39, 0.29) is 0 Å². The Morgan fingerprint density at radius 3 is 2.90 bits per heavy atom. The summed E-state index contributed by atoms with van der Waals surface area (Å²) >= 11 is 0. The Labute approximate surface area is 124 Å². The maximum atomic E-state index is 4.87. The minimum Gasteiger partial charge on any atom is -0.299 e. The summed E-state index contributed by atoms with van der Waals surface area (Å²) in [7, 11) is 0. The van der Waals surface area contributed by atoms with Crippen LogP contribution < -0.4 is 0 Å². The second-order valence-electron chi connectivity index (χ2n) is 6.32. The molecule has 2 aromatic rings. The van der Waals surface area contributed by atoms with E-state index >= 15 is 0 Å². The molecule has 0 N–H and O–H groups in total. The number of rotatable bonds is 3. The Morgan fingerprint density at radius 2 is 2.00 bits per heavy atom. The van der Waals surface area contributed by atoms with Gasteiger partial charge in [-0.1, -0.05) is 12.1 Å². The fraction of sp³-hybridized carbons (Fsp3) is 0.625. The van der Waals surface area contributed by atoms with Gasteiger partial charge in [0, 0.05) is 19.1 Å². The first kappa shape index (κ1) is 13.2. The zero-order chi connectivity index (χ0) is 14.1. The summed E-state index contributed by atoms with van der Waals surface area (Å²) < 4.78 is 4.87. The molecule has 0 bridgehead atoms. The number of piperidine rings is 1. The standard InChI is InChI=1S/C16H22N4O/c1-2-10-20(9-1)14-6-4-8-19(12-14)11-13-5-3-7-15-16(13)18-21-17-15/h3,5,7,14H,1-2,4,6,8-12H2. The van der Waals surface area contributed by atoms with Crippen molar-refractivity contribution in [2.45, 2.75) is 38.3 Å². The molecule has 0 spiro atoms. The van der Waals surface area contributed by atoms with Gasteiger partial charge in [-0.2, -0.15) is 0 Å². The molecule has 1 aromatic heterocycles. The number of aromatic nitrogens is 2. The molecule has 0 saturated carbocycles. The van der Waals surface area contributed by atoms with E-state index in [4.69, 9.17) is 4.63 Å². The van der Waals surface area contributed by atoms with Crippen molar-refractivity contribution in [3.63, 3.8) is 0 Å². The molecule has 1 atom stereocenters. The third-order valence-corrected chi connectivity index (χ3v) is 4.90. The molecule has 2 saturated heterocycles. The monoisotopic (exact) mass is 286 g/mol. The van der Waals surface area contributed by atoms with Crippen LogP contribution in [0.1, 0.15) is 31.2 Å². The Hall–Kier alpha value is -1.46. The topological polar surface area (TPSA) is 45.4 Å². The van der Waals surface area contributed by atoms with Crippen molar-refractivity contribution < 1.29 is 4.63 Å². The predicted octanol–water partition coefficient (Wildman–Crippen LogP) is 2.28. The summed E-state index contributed by atoms with van der Waals surface area (Å²) in [4.78, 5) is 5.25. The van der Waals surface area contributed by atoms with E-state index in [9.17, 15) is 0 Å². The zero-order valence-electron chi connectivity index (χ0n) is 12.4. The highest BCUT2D eigenvalue weighted by atomic mass is 16.6. The molecule has 1 aromatic carbocycles. The van der Waals surface area contributed by atoms with Gasteiger partial charge in [0.05, 0.1) is 0 Å². The average molecular weight is 286 g/mol. The quantitative estimate of drug-likeness (QED) is 0.866. The van der Waals surface area contributed by atoms with Gasteiger partial charge < -0.3 is 0 Å². The molecule has 3 heterocycles. The number of fused-ring (bicyclic) bond motifs is 1. The minimum atomic E-state index is 0.746. The molecule has 1 unspecified atom stereocenters. The lowest BCUT2D eigenvalue weighted by molar-refractivity contribution is 0.111. The first-order chi connectivity index (χ1) is 10.4. The molecule has 5 heteroatoms. The van der Waals surface area contributed by atoms with Crippen molar-refractivity contribution in [3.05, 3.63) is 23.8 Å². The van der Waals surface area contributed by atoms with Crippen LogP contribution in [0.4, 0.5) is 0 Å². The number of nitrogens with zero attached hydrogens (tertiary/aromatic N) is 4. The summed E-state index contributed by atoms with van der Waals surface area (Å²) in [6, 6.07) is 6.89. The SMILES string of the molecule is c1cc(CN2CCCC(N3CCCC3)C2)c2nonc2c1. The van der Waals surface area contributed by atoms with Crippen LogP contribution in [-0.4, -0.2) is 52.3 Å². The zero-order valence-corrected chi connectivity index (χ0v) is 12.4. The smallest absolute Gasteiger partial charge is 0.139 e. The largest absolute Gasteiger partial charge is 0.299 e. The van der Waals surface area contributed by atoms with E-state index < -0.39 is 0 Å². The molecule has 5 nitrogen and oxygen atoms in total. The molecule has 2 fully saturated rings. The van der Waals surface area contributed by atoms with Crippen LogP contribution in [0.15, 0.2) is 22.8 Å². The molecule has 2 aliphatic rings. The molecular weight excluding hydrogens is 264 g/mol. The Kier molecular flexibility index (Phi) is 3.61. The summed E-state index contributed by atoms with van der Waals surface area (Å²) in [6.45, 7) is 5.91. The van der Waals surface area contributed by atoms with Crippen molar-refractivity contribution in [2.75, 3.05) is 26.2 Å². The van der Waals surface area contributed by atoms with Crippen LogP contribution >= 0.6 is 0 Å². The molecule has 2 aliphatic heterocycles. The lowest BCUT2D eigenvalue weighted by atomic mass is 10.0. The van der Waals surface area contributed by atoms with Crippen molar-refractivity contribution in [2.24, 2.45) is 0 Å². The van der Waals surface area contributed by atoms with Crippen molar-refractivity contribution in [1.29, 1.82) is 0 Å². The third-order valence-electron chi connectivity index (χ3n) is 4.90. The molecule has 4 rings (SSSR count).